The molecule has 9 nitrogen and oxygen atoms in total. The second-order valence-corrected chi connectivity index (χ2v) is 10.8. The summed E-state index contributed by atoms with van der Waals surface area (Å²) < 4.78 is 7.07. The van der Waals surface area contributed by atoms with Crippen LogP contribution in [-0.2, 0) is 11.4 Å². The number of benzene rings is 2. The lowest BCUT2D eigenvalue weighted by atomic mass is 10.1. The van der Waals surface area contributed by atoms with E-state index in [0.29, 0.717) is 17.4 Å². The molecule has 3 aromatic heterocycles. The summed E-state index contributed by atoms with van der Waals surface area (Å²) in [6, 6.07) is 18.1. The van der Waals surface area contributed by atoms with Gasteiger partial charge in [-0.15, -0.1) is 11.3 Å². The maximum Gasteiger partial charge on any atom is 0.300 e. The van der Waals surface area contributed by atoms with Crippen LogP contribution in [0.2, 0.25) is 5.02 Å². The molecule has 0 atom stereocenters. The molecule has 0 unspecified atom stereocenters. The number of carboxylic acid groups (broad SMARTS) is 1. The summed E-state index contributed by atoms with van der Waals surface area (Å²) in [6.07, 6.45) is 3.35. The molecule has 1 saturated heterocycles. The Labute approximate surface area is 241 Å². The normalized spacial score (nSPS) is 13.6. The molecule has 0 spiro atoms. The van der Waals surface area contributed by atoms with Gasteiger partial charge in [-0.05, 0) is 49.5 Å². The average molecular weight is 577 g/mol. The Bertz CT molecular complexity index is 1620. The maximum absolute atomic E-state index is 9.00. The fourth-order valence-corrected chi connectivity index (χ4v) is 5.73. The molecule has 206 valence electrons. The van der Waals surface area contributed by atoms with E-state index in [0.717, 1.165) is 65.9 Å². The molecule has 0 amide bonds. The highest BCUT2D eigenvalue weighted by Crippen LogP contribution is 2.39. The number of hydrogen-bond donors (Lipinski definition) is 2. The van der Waals surface area contributed by atoms with Gasteiger partial charge < -0.3 is 25.0 Å². The standard InChI is InChI=1S/C27H25ClN6OS.C2H4O2/c1-33-10-12-34(13-11-33)20-6-7-21-24(15-20)36-27-25(21)26(30-17-31-27)32-18-5-8-23(22(28)14-18)35-16-19-4-2-3-9-29-19;1-2(3)4/h2-9,14-15,17H,10-13,16H2,1H3,(H,30,31,32);1H3,(H,3,4). The molecule has 11 heteroatoms. The number of hydrogen-bond acceptors (Lipinski definition) is 9. The highest BCUT2D eigenvalue weighted by atomic mass is 35.5. The van der Waals surface area contributed by atoms with Crippen LogP contribution in [0.1, 0.15) is 12.6 Å². The van der Waals surface area contributed by atoms with Gasteiger partial charge in [0.25, 0.3) is 5.97 Å². The molecule has 1 aliphatic heterocycles. The van der Waals surface area contributed by atoms with Crippen LogP contribution in [-0.4, -0.2) is 64.2 Å². The second kappa shape index (κ2) is 12.5. The number of ether oxygens (including phenoxy) is 1. The number of anilines is 3. The fraction of sp³-hybridized carbons (Fsp3) is 0.241. The molecule has 2 N–H and O–H groups in total. The molecule has 0 aliphatic carbocycles. The van der Waals surface area contributed by atoms with E-state index in [4.69, 9.17) is 26.2 Å². The number of thiophene rings is 1. The molecule has 40 heavy (non-hydrogen) atoms. The molecule has 0 saturated carbocycles. The van der Waals surface area contributed by atoms with Gasteiger partial charge >= 0.3 is 0 Å². The summed E-state index contributed by atoms with van der Waals surface area (Å²) >= 11 is 8.23. The van der Waals surface area contributed by atoms with Gasteiger partial charge in [0.05, 0.1) is 16.1 Å². The third kappa shape index (κ3) is 6.59. The predicted molar refractivity (Wildman–Crippen MR) is 161 cm³/mol. The van der Waals surface area contributed by atoms with Crippen LogP contribution in [0.3, 0.4) is 0 Å². The zero-order valence-electron chi connectivity index (χ0n) is 22.2. The summed E-state index contributed by atoms with van der Waals surface area (Å²) in [5, 5.41) is 13.5. The van der Waals surface area contributed by atoms with Crippen LogP contribution in [0.15, 0.2) is 67.1 Å². The van der Waals surface area contributed by atoms with Crippen LogP contribution in [0.5, 0.6) is 5.75 Å². The van der Waals surface area contributed by atoms with Crippen LogP contribution in [0.4, 0.5) is 17.2 Å². The molecule has 0 radical (unpaired) electrons. The summed E-state index contributed by atoms with van der Waals surface area (Å²) in [7, 11) is 2.18. The van der Waals surface area contributed by atoms with E-state index in [1.165, 1.54) is 10.4 Å². The van der Waals surface area contributed by atoms with Gasteiger partial charge in [0, 0.05) is 60.8 Å². The lowest BCUT2D eigenvalue weighted by Gasteiger charge is -2.34. The predicted octanol–water partition coefficient (Wildman–Crippen LogP) is 6.06. The first-order valence-corrected chi connectivity index (χ1v) is 14.0. The lowest BCUT2D eigenvalue weighted by molar-refractivity contribution is -0.134. The molecular formula is C29H29ClN6O3S. The molecule has 5 aromatic rings. The zero-order valence-corrected chi connectivity index (χ0v) is 23.7. The minimum atomic E-state index is -0.833. The number of carbonyl (C=O) groups is 1. The number of halogens is 1. The van der Waals surface area contributed by atoms with Gasteiger partial charge in [0.15, 0.2) is 0 Å². The summed E-state index contributed by atoms with van der Waals surface area (Å²) in [5.74, 6) is 0.537. The van der Waals surface area contributed by atoms with E-state index in [2.05, 4.69) is 55.3 Å². The Morgan fingerprint density at radius 3 is 2.60 bits per heavy atom. The second-order valence-electron chi connectivity index (χ2n) is 9.37. The summed E-state index contributed by atoms with van der Waals surface area (Å²) in [6.45, 7) is 5.69. The molecule has 6 rings (SSSR count). The highest BCUT2D eigenvalue weighted by molar-refractivity contribution is 7.25. The van der Waals surface area contributed by atoms with Gasteiger partial charge in [-0.3, -0.25) is 9.78 Å². The average Bonchev–Trinajstić information content (AvgIpc) is 3.32. The first-order chi connectivity index (χ1) is 19.4. The van der Waals surface area contributed by atoms with Gasteiger partial charge in [0.2, 0.25) is 0 Å². The van der Waals surface area contributed by atoms with Crippen LogP contribution >= 0.6 is 22.9 Å². The number of rotatable bonds is 6. The third-order valence-electron chi connectivity index (χ3n) is 6.42. The van der Waals surface area contributed by atoms with E-state index in [1.807, 2.05) is 36.4 Å². The molecule has 4 heterocycles. The van der Waals surface area contributed by atoms with Gasteiger partial charge in [-0.2, -0.15) is 0 Å². The van der Waals surface area contributed by atoms with Gasteiger partial charge in [-0.1, -0.05) is 23.7 Å². The fourth-order valence-electron chi connectivity index (χ4n) is 4.42. The molecular weight excluding hydrogens is 548 g/mol. The van der Waals surface area contributed by atoms with E-state index in [9.17, 15) is 0 Å². The van der Waals surface area contributed by atoms with Crippen molar-refractivity contribution < 1.29 is 14.6 Å². The Morgan fingerprint density at radius 1 is 1.07 bits per heavy atom. The molecule has 2 aromatic carbocycles. The lowest BCUT2D eigenvalue weighted by Crippen LogP contribution is -2.44. The number of nitrogens with one attached hydrogen (secondary N) is 1. The molecule has 1 aliphatic rings. The maximum atomic E-state index is 9.00. The first kappa shape index (κ1) is 27.6. The van der Waals surface area contributed by atoms with E-state index < -0.39 is 5.97 Å². The van der Waals surface area contributed by atoms with Crippen molar-refractivity contribution in [3.8, 4) is 5.75 Å². The van der Waals surface area contributed by atoms with Crippen LogP contribution < -0.4 is 15.0 Å². The van der Waals surface area contributed by atoms with Gasteiger partial charge in [-0.25, -0.2) is 9.97 Å². The van der Waals surface area contributed by atoms with Crippen molar-refractivity contribution in [1.82, 2.24) is 19.9 Å². The summed E-state index contributed by atoms with van der Waals surface area (Å²) in [4.78, 5) is 28.2. The number of likely N-dealkylation sites (N-methyl/N-ethyl adjacent to an activating group) is 1. The van der Waals surface area contributed by atoms with E-state index in [-0.39, 0.29) is 0 Å². The quantitative estimate of drug-likeness (QED) is 0.250. The smallest absolute Gasteiger partial charge is 0.300 e. The number of carboxylic acids is 1. The van der Waals surface area contributed by atoms with Crippen molar-refractivity contribution in [3.05, 3.63) is 77.8 Å². The Balaban J connectivity index is 0.000000758. The Hall–Kier alpha value is -3.99. The van der Waals surface area contributed by atoms with Crippen LogP contribution in [0, 0.1) is 0 Å². The van der Waals surface area contributed by atoms with Crippen LogP contribution in [0.25, 0.3) is 20.3 Å². The SMILES string of the molecule is CC(=O)O.CN1CCN(c2ccc3c(c2)sc2ncnc(Nc4ccc(OCc5ccccn5)c(Cl)c4)c23)CC1. The largest absolute Gasteiger partial charge is 0.486 e. The molecule has 0 bridgehead atoms. The first-order valence-electron chi connectivity index (χ1n) is 12.8. The number of nitrogens with zero attached hydrogens (tertiary/aromatic N) is 5. The zero-order chi connectivity index (χ0) is 28.1. The topological polar surface area (TPSA) is 104 Å². The number of aliphatic carboxylic acids is 1. The van der Waals surface area contributed by atoms with Crippen molar-refractivity contribution in [2.24, 2.45) is 0 Å². The number of piperazine rings is 1. The van der Waals surface area contributed by atoms with Crippen molar-refractivity contribution >= 4 is 66.4 Å². The Kier molecular flexibility index (Phi) is 8.59. The minimum absolute atomic E-state index is 0.358. The van der Waals surface area contributed by atoms with Gasteiger partial charge in [0.1, 0.15) is 29.3 Å². The minimum Gasteiger partial charge on any atom is -0.486 e. The van der Waals surface area contributed by atoms with E-state index >= 15 is 0 Å². The van der Waals surface area contributed by atoms with Crippen molar-refractivity contribution in [1.29, 1.82) is 0 Å². The van der Waals surface area contributed by atoms with Crippen molar-refractivity contribution in [3.63, 3.8) is 0 Å². The summed E-state index contributed by atoms with van der Waals surface area (Å²) in [5.41, 5.74) is 2.94. The number of fused-ring (bicyclic) bond motifs is 3. The van der Waals surface area contributed by atoms with Crippen molar-refractivity contribution in [2.45, 2.75) is 13.5 Å². The number of pyridine rings is 1. The van der Waals surface area contributed by atoms with Crippen molar-refractivity contribution in [2.75, 3.05) is 43.4 Å². The van der Waals surface area contributed by atoms with E-state index in [1.54, 1.807) is 23.9 Å². The molecule has 1 fully saturated rings. The highest BCUT2D eigenvalue weighted by Gasteiger charge is 2.17. The number of aromatic nitrogens is 3. The Morgan fingerprint density at radius 2 is 1.88 bits per heavy atom. The monoisotopic (exact) mass is 576 g/mol. The third-order valence-corrected chi connectivity index (χ3v) is 7.77.